The molecule has 0 aliphatic rings. The van der Waals surface area contributed by atoms with Crippen molar-refractivity contribution < 1.29 is 14.6 Å². The molecule has 106 valence electrons. The highest BCUT2D eigenvalue weighted by molar-refractivity contribution is 7.09. The second-order valence-electron chi connectivity index (χ2n) is 4.24. The highest BCUT2D eigenvalue weighted by Crippen LogP contribution is 2.19. The molecule has 20 heavy (non-hydrogen) atoms. The predicted octanol–water partition coefficient (Wildman–Crippen LogP) is 2.85. The smallest absolute Gasteiger partial charge is 0.327 e. The molecule has 2 aromatic rings. The molecule has 1 heterocycles. The van der Waals surface area contributed by atoms with Crippen LogP contribution in [0.15, 0.2) is 41.8 Å². The molecule has 0 saturated heterocycles. The Balaban J connectivity index is 2.11. The van der Waals surface area contributed by atoms with E-state index in [1.54, 1.807) is 42.5 Å². The van der Waals surface area contributed by atoms with Crippen LogP contribution in [0.4, 0.5) is 0 Å². The summed E-state index contributed by atoms with van der Waals surface area (Å²) in [5.74, 6) is -0.135. The van der Waals surface area contributed by atoms with Gasteiger partial charge in [0.05, 0.1) is 6.61 Å². The Morgan fingerprint density at radius 2 is 2.10 bits per heavy atom. The largest absolute Gasteiger partial charge is 0.508 e. The van der Waals surface area contributed by atoms with E-state index in [1.165, 1.54) is 0 Å². The van der Waals surface area contributed by atoms with Crippen molar-refractivity contribution in [3.63, 3.8) is 0 Å². The third-order valence-corrected chi connectivity index (χ3v) is 3.69. The molecule has 0 saturated carbocycles. The lowest BCUT2D eigenvalue weighted by Crippen LogP contribution is -2.29. The summed E-state index contributed by atoms with van der Waals surface area (Å²) >= 11 is 1.63. The van der Waals surface area contributed by atoms with Crippen molar-refractivity contribution in [2.45, 2.75) is 19.5 Å². The van der Waals surface area contributed by atoms with E-state index >= 15 is 0 Å². The van der Waals surface area contributed by atoms with Gasteiger partial charge in [0, 0.05) is 11.4 Å². The van der Waals surface area contributed by atoms with Gasteiger partial charge in [-0.15, -0.1) is 11.3 Å². The van der Waals surface area contributed by atoms with Crippen LogP contribution in [-0.4, -0.2) is 17.7 Å². The number of benzene rings is 1. The van der Waals surface area contributed by atoms with Gasteiger partial charge in [-0.1, -0.05) is 18.2 Å². The van der Waals surface area contributed by atoms with E-state index in [4.69, 9.17) is 4.74 Å². The molecule has 4 nitrogen and oxygen atoms in total. The SMILES string of the molecule is CCOC(=O)C(NCc1cccs1)c1ccc(O)cc1. The fraction of sp³-hybridized carbons (Fsp3) is 0.267. The molecule has 0 aliphatic carbocycles. The topological polar surface area (TPSA) is 58.6 Å². The highest BCUT2D eigenvalue weighted by atomic mass is 32.1. The van der Waals surface area contributed by atoms with Gasteiger partial charge in [0.15, 0.2) is 0 Å². The first-order chi connectivity index (χ1) is 9.70. The number of thiophene rings is 1. The molecule has 1 unspecified atom stereocenters. The third-order valence-electron chi connectivity index (χ3n) is 2.81. The van der Waals surface area contributed by atoms with E-state index in [1.807, 2.05) is 17.5 Å². The molecule has 0 radical (unpaired) electrons. The summed E-state index contributed by atoms with van der Waals surface area (Å²) in [7, 11) is 0. The van der Waals surface area contributed by atoms with Gasteiger partial charge in [0.2, 0.25) is 0 Å². The van der Waals surface area contributed by atoms with Gasteiger partial charge in [-0.25, -0.2) is 4.79 Å². The number of rotatable bonds is 6. The monoisotopic (exact) mass is 291 g/mol. The summed E-state index contributed by atoms with van der Waals surface area (Å²) in [5, 5.41) is 14.5. The van der Waals surface area contributed by atoms with Gasteiger partial charge < -0.3 is 9.84 Å². The Kier molecular flexibility index (Phi) is 5.15. The first-order valence-electron chi connectivity index (χ1n) is 6.42. The van der Waals surface area contributed by atoms with Crippen LogP contribution in [0.5, 0.6) is 5.75 Å². The fourth-order valence-electron chi connectivity index (χ4n) is 1.85. The van der Waals surface area contributed by atoms with Crippen molar-refractivity contribution in [2.75, 3.05) is 6.61 Å². The molecule has 1 aromatic carbocycles. The number of aromatic hydroxyl groups is 1. The minimum absolute atomic E-state index is 0.176. The second kappa shape index (κ2) is 7.07. The molecule has 0 bridgehead atoms. The van der Waals surface area contributed by atoms with Crippen molar-refractivity contribution in [3.05, 3.63) is 52.2 Å². The van der Waals surface area contributed by atoms with Crippen LogP contribution in [-0.2, 0) is 16.1 Å². The first kappa shape index (κ1) is 14.6. The van der Waals surface area contributed by atoms with Crippen LogP contribution in [0, 0.1) is 0 Å². The number of esters is 1. The summed E-state index contributed by atoms with van der Waals surface area (Å²) < 4.78 is 5.10. The molecule has 5 heteroatoms. The molecule has 1 atom stereocenters. The van der Waals surface area contributed by atoms with Crippen LogP contribution in [0.3, 0.4) is 0 Å². The number of hydrogen-bond donors (Lipinski definition) is 2. The number of hydrogen-bond acceptors (Lipinski definition) is 5. The van der Waals surface area contributed by atoms with Crippen LogP contribution in [0.1, 0.15) is 23.4 Å². The van der Waals surface area contributed by atoms with Crippen LogP contribution in [0.25, 0.3) is 0 Å². The van der Waals surface area contributed by atoms with Crippen molar-refractivity contribution in [1.29, 1.82) is 0 Å². The maximum atomic E-state index is 12.0. The van der Waals surface area contributed by atoms with E-state index in [2.05, 4.69) is 5.32 Å². The Bertz CT molecular complexity index is 537. The molecule has 0 aliphatic heterocycles. The molecule has 0 spiro atoms. The maximum absolute atomic E-state index is 12.0. The zero-order valence-electron chi connectivity index (χ0n) is 11.2. The van der Waals surface area contributed by atoms with Crippen molar-refractivity contribution in [2.24, 2.45) is 0 Å². The van der Waals surface area contributed by atoms with Crippen LogP contribution < -0.4 is 5.32 Å². The maximum Gasteiger partial charge on any atom is 0.327 e. The lowest BCUT2D eigenvalue weighted by atomic mass is 10.1. The average Bonchev–Trinajstić information content (AvgIpc) is 2.94. The molecular formula is C15H17NO3S. The van der Waals surface area contributed by atoms with Gasteiger partial charge in [0.25, 0.3) is 0 Å². The number of phenols is 1. The molecule has 0 amide bonds. The first-order valence-corrected chi connectivity index (χ1v) is 7.30. The minimum atomic E-state index is -0.530. The van der Waals surface area contributed by atoms with E-state index in [-0.39, 0.29) is 11.7 Å². The van der Waals surface area contributed by atoms with Crippen molar-refractivity contribution in [1.82, 2.24) is 5.32 Å². The lowest BCUT2D eigenvalue weighted by molar-refractivity contribution is -0.145. The zero-order valence-corrected chi connectivity index (χ0v) is 12.0. The predicted molar refractivity (Wildman–Crippen MR) is 78.6 cm³/mol. The highest BCUT2D eigenvalue weighted by Gasteiger charge is 2.21. The Hall–Kier alpha value is -1.85. The van der Waals surface area contributed by atoms with Gasteiger partial charge in [-0.05, 0) is 36.1 Å². The number of ether oxygens (including phenoxy) is 1. The van der Waals surface area contributed by atoms with E-state index in [0.717, 1.165) is 10.4 Å². The van der Waals surface area contributed by atoms with E-state index in [9.17, 15) is 9.90 Å². The number of carbonyl (C=O) groups excluding carboxylic acids is 1. The minimum Gasteiger partial charge on any atom is -0.508 e. The van der Waals surface area contributed by atoms with Gasteiger partial charge in [0.1, 0.15) is 11.8 Å². The zero-order chi connectivity index (χ0) is 14.4. The van der Waals surface area contributed by atoms with Crippen molar-refractivity contribution in [3.8, 4) is 5.75 Å². The lowest BCUT2D eigenvalue weighted by Gasteiger charge is -2.17. The summed E-state index contributed by atoms with van der Waals surface area (Å²) in [4.78, 5) is 13.2. The Morgan fingerprint density at radius 1 is 1.35 bits per heavy atom. The van der Waals surface area contributed by atoms with E-state index in [0.29, 0.717) is 13.2 Å². The molecule has 2 N–H and O–H groups in total. The quantitative estimate of drug-likeness (QED) is 0.804. The summed E-state index contributed by atoms with van der Waals surface area (Å²) in [6, 6.07) is 10.0. The Labute approximate surface area is 122 Å². The van der Waals surface area contributed by atoms with Crippen LogP contribution in [0.2, 0.25) is 0 Å². The Morgan fingerprint density at radius 3 is 2.70 bits per heavy atom. The molecular weight excluding hydrogens is 274 g/mol. The fourth-order valence-corrected chi connectivity index (χ4v) is 2.50. The average molecular weight is 291 g/mol. The molecule has 2 rings (SSSR count). The standard InChI is InChI=1S/C15H17NO3S/c1-2-19-15(18)14(11-5-7-12(17)8-6-11)16-10-13-4-3-9-20-13/h3-9,14,16-17H,2,10H2,1H3. The summed E-state index contributed by atoms with van der Waals surface area (Å²) in [6.45, 7) is 2.72. The number of phenolic OH excluding ortho intramolecular Hbond substituents is 1. The summed E-state index contributed by atoms with van der Waals surface area (Å²) in [5.41, 5.74) is 0.776. The molecule has 1 aromatic heterocycles. The normalized spacial score (nSPS) is 12.1. The van der Waals surface area contributed by atoms with Crippen molar-refractivity contribution >= 4 is 17.3 Å². The second-order valence-corrected chi connectivity index (χ2v) is 5.27. The van der Waals surface area contributed by atoms with Gasteiger partial charge in [-0.2, -0.15) is 0 Å². The number of nitrogens with one attached hydrogen (secondary N) is 1. The number of carbonyl (C=O) groups is 1. The summed E-state index contributed by atoms with van der Waals surface area (Å²) in [6.07, 6.45) is 0. The van der Waals surface area contributed by atoms with Crippen LogP contribution >= 0.6 is 11.3 Å². The van der Waals surface area contributed by atoms with E-state index < -0.39 is 6.04 Å². The van der Waals surface area contributed by atoms with Gasteiger partial charge in [-0.3, -0.25) is 5.32 Å². The molecule has 0 fully saturated rings. The van der Waals surface area contributed by atoms with Gasteiger partial charge >= 0.3 is 5.97 Å². The third kappa shape index (κ3) is 3.82.